The Hall–Kier alpha value is -2.88. The van der Waals surface area contributed by atoms with E-state index in [0.717, 1.165) is 4.47 Å². The average Bonchev–Trinajstić information content (AvgIpc) is 3.23. The van der Waals surface area contributed by atoms with Crippen LogP contribution in [0.4, 0.5) is 5.95 Å². The first-order valence-electron chi connectivity index (χ1n) is 8.06. The van der Waals surface area contributed by atoms with Crippen molar-refractivity contribution in [1.82, 2.24) is 35.1 Å². The molecule has 0 aliphatic carbocycles. The molecule has 4 rings (SSSR count). The summed E-state index contributed by atoms with van der Waals surface area (Å²) in [4.78, 5) is 25.5. The van der Waals surface area contributed by atoms with Crippen molar-refractivity contribution in [2.24, 2.45) is 0 Å². The molecule has 1 aromatic carbocycles. The fraction of sp³-hybridized carbons (Fsp3) is 0.250. The molecule has 9 nitrogen and oxygen atoms in total. The number of carbonyl (C=O) groups excluding carboxylic acids is 1. The fourth-order valence-corrected chi connectivity index (χ4v) is 3.25. The Morgan fingerprint density at radius 3 is 2.54 bits per heavy atom. The van der Waals surface area contributed by atoms with Crippen molar-refractivity contribution in [3.63, 3.8) is 0 Å². The number of nitrogens with zero attached hydrogens (tertiary/aromatic N) is 8. The normalized spacial score (nSPS) is 14.5. The maximum absolute atomic E-state index is 13.1. The number of hydrogen-bond donors (Lipinski definition) is 0. The molecule has 1 aliphatic heterocycles. The number of halogens is 1. The van der Waals surface area contributed by atoms with Crippen molar-refractivity contribution in [3.05, 3.63) is 53.0 Å². The number of carbonyl (C=O) groups is 1. The van der Waals surface area contributed by atoms with Gasteiger partial charge in [-0.2, -0.15) is 4.68 Å². The third-order valence-electron chi connectivity index (χ3n) is 4.19. The highest BCUT2D eigenvalue weighted by Gasteiger charge is 2.25. The molecule has 0 radical (unpaired) electrons. The lowest BCUT2D eigenvalue weighted by Crippen LogP contribution is -2.49. The Morgan fingerprint density at radius 1 is 1.08 bits per heavy atom. The number of aromatic nitrogens is 6. The highest BCUT2D eigenvalue weighted by molar-refractivity contribution is 9.10. The van der Waals surface area contributed by atoms with E-state index in [-0.39, 0.29) is 5.91 Å². The van der Waals surface area contributed by atoms with E-state index in [1.54, 1.807) is 24.5 Å². The number of hydrogen-bond acceptors (Lipinski definition) is 7. The maximum Gasteiger partial charge on any atom is 0.256 e. The molecule has 0 saturated carbocycles. The third kappa shape index (κ3) is 3.27. The Kier molecular flexibility index (Phi) is 4.57. The molecule has 3 heterocycles. The molecule has 1 amide bonds. The molecule has 0 N–H and O–H groups in total. The number of piperazine rings is 1. The van der Waals surface area contributed by atoms with E-state index in [0.29, 0.717) is 43.4 Å². The van der Waals surface area contributed by atoms with E-state index in [2.05, 4.69) is 46.3 Å². The molecule has 2 aromatic heterocycles. The minimum atomic E-state index is -0.0505. The van der Waals surface area contributed by atoms with Gasteiger partial charge in [-0.15, -0.1) is 5.10 Å². The van der Waals surface area contributed by atoms with Crippen LogP contribution in [0.1, 0.15) is 10.4 Å². The van der Waals surface area contributed by atoms with Crippen molar-refractivity contribution >= 4 is 27.8 Å². The molecule has 0 unspecified atom stereocenters. The van der Waals surface area contributed by atoms with E-state index >= 15 is 0 Å². The summed E-state index contributed by atoms with van der Waals surface area (Å²) in [6.45, 7) is 2.56. The summed E-state index contributed by atoms with van der Waals surface area (Å²) >= 11 is 3.44. The molecule has 26 heavy (non-hydrogen) atoms. The molecule has 3 aromatic rings. The van der Waals surface area contributed by atoms with Crippen LogP contribution in [0.3, 0.4) is 0 Å². The van der Waals surface area contributed by atoms with E-state index in [1.807, 2.05) is 17.0 Å². The van der Waals surface area contributed by atoms with Gasteiger partial charge in [0.05, 0.1) is 11.3 Å². The second-order valence-electron chi connectivity index (χ2n) is 5.74. The largest absolute Gasteiger partial charge is 0.337 e. The SMILES string of the molecule is O=C(c1cc(Br)ccc1-n1cnnn1)N1CCN(c2ncccn2)CC1. The molecule has 1 saturated heterocycles. The molecule has 0 spiro atoms. The van der Waals surface area contributed by atoms with Crippen molar-refractivity contribution < 1.29 is 4.79 Å². The molecule has 1 fully saturated rings. The van der Waals surface area contributed by atoms with Gasteiger partial charge in [0.25, 0.3) is 5.91 Å². The maximum atomic E-state index is 13.1. The minimum Gasteiger partial charge on any atom is -0.337 e. The fourth-order valence-electron chi connectivity index (χ4n) is 2.89. The van der Waals surface area contributed by atoms with E-state index in [9.17, 15) is 4.79 Å². The minimum absolute atomic E-state index is 0.0505. The van der Waals surface area contributed by atoms with Gasteiger partial charge in [-0.3, -0.25) is 4.79 Å². The monoisotopic (exact) mass is 414 g/mol. The van der Waals surface area contributed by atoms with Gasteiger partial charge in [-0.1, -0.05) is 15.9 Å². The van der Waals surface area contributed by atoms with Crippen molar-refractivity contribution in [2.45, 2.75) is 0 Å². The van der Waals surface area contributed by atoms with Gasteiger partial charge in [0, 0.05) is 43.0 Å². The lowest BCUT2D eigenvalue weighted by molar-refractivity contribution is 0.0746. The average molecular weight is 415 g/mol. The first-order chi connectivity index (χ1) is 12.7. The lowest BCUT2D eigenvalue weighted by atomic mass is 10.1. The summed E-state index contributed by atoms with van der Waals surface area (Å²) in [5.41, 5.74) is 1.20. The molecule has 0 bridgehead atoms. The van der Waals surface area contributed by atoms with Crippen LogP contribution in [0, 0.1) is 0 Å². The smallest absolute Gasteiger partial charge is 0.256 e. The van der Waals surface area contributed by atoms with Crippen molar-refractivity contribution in [1.29, 1.82) is 0 Å². The van der Waals surface area contributed by atoms with Gasteiger partial charge in [0.15, 0.2) is 0 Å². The standard InChI is InChI=1S/C16H15BrN8O/c17-12-2-3-14(25-11-20-21-22-25)13(10-12)15(26)23-6-8-24(9-7-23)16-18-4-1-5-19-16/h1-5,10-11H,6-9H2. The van der Waals surface area contributed by atoms with Crippen LogP contribution in [0.25, 0.3) is 5.69 Å². The third-order valence-corrected chi connectivity index (χ3v) is 4.68. The lowest BCUT2D eigenvalue weighted by Gasteiger charge is -2.35. The highest BCUT2D eigenvalue weighted by Crippen LogP contribution is 2.22. The predicted octanol–water partition coefficient (Wildman–Crippen LogP) is 1.18. The number of rotatable bonds is 3. The van der Waals surface area contributed by atoms with Gasteiger partial charge >= 0.3 is 0 Å². The summed E-state index contributed by atoms with van der Waals surface area (Å²) < 4.78 is 2.32. The summed E-state index contributed by atoms with van der Waals surface area (Å²) in [7, 11) is 0. The van der Waals surface area contributed by atoms with Crippen LogP contribution in [0.2, 0.25) is 0 Å². The number of amides is 1. The summed E-state index contributed by atoms with van der Waals surface area (Å²) in [5.74, 6) is 0.641. The van der Waals surface area contributed by atoms with E-state index in [4.69, 9.17) is 0 Å². The quantitative estimate of drug-likeness (QED) is 0.634. The Morgan fingerprint density at radius 2 is 1.85 bits per heavy atom. The van der Waals surface area contributed by atoms with Crippen LogP contribution in [-0.4, -0.2) is 67.2 Å². The zero-order valence-electron chi connectivity index (χ0n) is 13.7. The van der Waals surface area contributed by atoms with E-state index < -0.39 is 0 Å². The number of anilines is 1. The Bertz CT molecular complexity index is 894. The second kappa shape index (κ2) is 7.16. The number of benzene rings is 1. The zero-order chi connectivity index (χ0) is 17.9. The molecule has 132 valence electrons. The van der Waals surface area contributed by atoms with Crippen molar-refractivity contribution in [2.75, 3.05) is 31.1 Å². The first kappa shape index (κ1) is 16.6. The number of tetrazole rings is 1. The van der Waals surface area contributed by atoms with Gasteiger partial charge in [0.1, 0.15) is 6.33 Å². The summed E-state index contributed by atoms with van der Waals surface area (Å²) in [6.07, 6.45) is 4.92. The van der Waals surface area contributed by atoms with Crippen LogP contribution in [-0.2, 0) is 0 Å². The molecule has 10 heteroatoms. The highest BCUT2D eigenvalue weighted by atomic mass is 79.9. The van der Waals surface area contributed by atoms with Gasteiger partial charge in [0.2, 0.25) is 5.95 Å². The molecular weight excluding hydrogens is 400 g/mol. The Labute approximate surface area is 157 Å². The second-order valence-corrected chi connectivity index (χ2v) is 6.66. The molecule has 0 atom stereocenters. The van der Waals surface area contributed by atoms with Gasteiger partial charge in [-0.05, 0) is 34.7 Å². The van der Waals surface area contributed by atoms with E-state index in [1.165, 1.54) is 11.0 Å². The van der Waals surface area contributed by atoms with Crippen LogP contribution in [0.5, 0.6) is 0 Å². The van der Waals surface area contributed by atoms with Gasteiger partial charge in [-0.25, -0.2) is 9.97 Å². The summed E-state index contributed by atoms with van der Waals surface area (Å²) in [5, 5.41) is 11.2. The Balaban J connectivity index is 1.53. The molecule has 1 aliphatic rings. The van der Waals surface area contributed by atoms with Gasteiger partial charge < -0.3 is 9.80 Å². The van der Waals surface area contributed by atoms with Crippen LogP contribution in [0.15, 0.2) is 47.5 Å². The zero-order valence-corrected chi connectivity index (χ0v) is 15.3. The first-order valence-corrected chi connectivity index (χ1v) is 8.86. The summed E-state index contributed by atoms with van der Waals surface area (Å²) in [6, 6.07) is 7.27. The topological polar surface area (TPSA) is 92.9 Å². The van der Waals surface area contributed by atoms with Crippen molar-refractivity contribution in [3.8, 4) is 5.69 Å². The van der Waals surface area contributed by atoms with Crippen LogP contribution < -0.4 is 4.90 Å². The van der Waals surface area contributed by atoms with Crippen LogP contribution >= 0.6 is 15.9 Å². The predicted molar refractivity (Wildman–Crippen MR) is 97.0 cm³/mol. The molecular formula is C16H15BrN8O.